The van der Waals surface area contributed by atoms with Crippen molar-refractivity contribution in [3.8, 4) is 23.0 Å². The van der Waals surface area contributed by atoms with Crippen LogP contribution in [-0.2, 0) is 20.1 Å². The Morgan fingerprint density at radius 2 is 1.90 bits per heavy atom. The van der Waals surface area contributed by atoms with Crippen molar-refractivity contribution in [2.24, 2.45) is 0 Å². The molecule has 1 aliphatic rings. The average molecular weight is 427 g/mol. The van der Waals surface area contributed by atoms with Gasteiger partial charge in [-0.2, -0.15) is 0 Å². The van der Waals surface area contributed by atoms with E-state index in [1.807, 2.05) is 18.2 Å². The van der Waals surface area contributed by atoms with Crippen molar-refractivity contribution in [1.29, 1.82) is 0 Å². The van der Waals surface area contributed by atoms with Gasteiger partial charge in [0.25, 0.3) is 0 Å². The van der Waals surface area contributed by atoms with Gasteiger partial charge < -0.3 is 23.9 Å². The molecule has 0 bridgehead atoms. The minimum atomic E-state index is -0.911. The molecular formula is C20H17N3O6S. The van der Waals surface area contributed by atoms with E-state index >= 15 is 0 Å². The number of carbonyl (C=O) groups excluding carboxylic acids is 2. The molecule has 10 heteroatoms. The lowest BCUT2D eigenvalue weighted by atomic mass is 10.2. The lowest BCUT2D eigenvalue weighted by molar-refractivity contribution is -0.152. The van der Waals surface area contributed by atoms with Crippen LogP contribution in [0, 0.1) is 0 Å². The number of benzene rings is 2. The van der Waals surface area contributed by atoms with Crippen LogP contribution in [0.4, 0.5) is 5.69 Å². The summed E-state index contributed by atoms with van der Waals surface area (Å²) < 4.78 is 21.0. The maximum atomic E-state index is 11.6. The number of ether oxygens (including phenoxy) is 3. The van der Waals surface area contributed by atoms with Crippen molar-refractivity contribution in [3.05, 3.63) is 48.4 Å². The minimum Gasteiger partial charge on any atom is -0.459 e. The van der Waals surface area contributed by atoms with Crippen LogP contribution in [0.25, 0.3) is 11.5 Å². The molecule has 0 aliphatic carbocycles. The SMILES string of the molecule is CCOC(=O)C(=O)Nc1ccc(SCc2nnc(-c3ccc4c(c3)OCO4)o2)cc1. The fourth-order valence-corrected chi connectivity index (χ4v) is 3.35. The second-order valence-electron chi connectivity index (χ2n) is 6.06. The molecule has 1 amide bonds. The van der Waals surface area contributed by atoms with E-state index in [0.717, 1.165) is 10.5 Å². The second kappa shape index (κ2) is 8.87. The largest absolute Gasteiger partial charge is 0.459 e. The fourth-order valence-electron chi connectivity index (χ4n) is 2.62. The van der Waals surface area contributed by atoms with Gasteiger partial charge in [0.1, 0.15) is 0 Å². The van der Waals surface area contributed by atoms with Gasteiger partial charge >= 0.3 is 11.9 Å². The summed E-state index contributed by atoms with van der Waals surface area (Å²) in [5.74, 6) is 0.984. The molecule has 1 N–H and O–H groups in total. The van der Waals surface area contributed by atoms with Gasteiger partial charge in [-0.3, -0.25) is 4.79 Å². The van der Waals surface area contributed by atoms with Crippen molar-refractivity contribution in [2.45, 2.75) is 17.6 Å². The van der Waals surface area contributed by atoms with Gasteiger partial charge in [0.15, 0.2) is 11.5 Å². The van der Waals surface area contributed by atoms with Crippen molar-refractivity contribution < 1.29 is 28.2 Å². The first kappa shape index (κ1) is 19.8. The lowest BCUT2D eigenvalue weighted by Gasteiger charge is -2.05. The van der Waals surface area contributed by atoms with Crippen molar-refractivity contribution in [2.75, 3.05) is 18.7 Å². The molecule has 4 rings (SSSR count). The third-order valence-electron chi connectivity index (χ3n) is 4.02. The van der Waals surface area contributed by atoms with E-state index < -0.39 is 11.9 Å². The Hall–Kier alpha value is -3.53. The average Bonchev–Trinajstić information content (AvgIpc) is 3.42. The molecule has 0 radical (unpaired) electrons. The topological polar surface area (TPSA) is 113 Å². The number of hydrogen-bond donors (Lipinski definition) is 1. The molecular weight excluding hydrogens is 410 g/mol. The first-order valence-electron chi connectivity index (χ1n) is 9.05. The highest BCUT2D eigenvalue weighted by Gasteiger charge is 2.17. The number of thioether (sulfide) groups is 1. The van der Waals surface area contributed by atoms with Gasteiger partial charge in [0, 0.05) is 16.1 Å². The summed E-state index contributed by atoms with van der Waals surface area (Å²) in [5.41, 5.74) is 1.25. The third kappa shape index (κ3) is 4.54. The summed E-state index contributed by atoms with van der Waals surface area (Å²) in [7, 11) is 0. The van der Waals surface area contributed by atoms with Crippen LogP contribution < -0.4 is 14.8 Å². The van der Waals surface area contributed by atoms with E-state index in [-0.39, 0.29) is 13.4 Å². The number of carbonyl (C=O) groups is 2. The quantitative estimate of drug-likeness (QED) is 0.360. The number of nitrogens with one attached hydrogen (secondary N) is 1. The standard InChI is InChI=1S/C20H17N3O6S/c1-2-26-20(25)18(24)21-13-4-6-14(7-5-13)30-10-17-22-23-19(29-17)12-3-8-15-16(9-12)28-11-27-15/h3-9H,2,10-11H2,1H3,(H,21,24). The minimum absolute atomic E-state index is 0.147. The Morgan fingerprint density at radius 3 is 2.70 bits per heavy atom. The summed E-state index contributed by atoms with van der Waals surface area (Å²) in [6, 6.07) is 12.5. The summed E-state index contributed by atoms with van der Waals surface area (Å²) in [4.78, 5) is 23.9. The molecule has 0 atom stereocenters. The predicted octanol–water partition coefficient (Wildman–Crippen LogP) is 3.26. The molecule has 0 saturated carbocycles. The summed E-state index contributed by atoms with van der Waals surface area (Å²) in [5, 5.41) is 10.6. The third-order valence-corrected chi connectivity index (χ3v) is 5.02. The number of esters is 1. The maximum absolute atomic E-state index is 11.6. The molecule has 2 aromatic carbocycles. The normalized spacial score (nSPS) is 11.9. The Bertz CT molecular complexity index is 1070. The van der Waals surface area contributed by atoms with Crippen molar-refractivity contribution in [3.63, 3.8) is 0 Å². The van der Waals surface area contributed by atoms with Crippen LogP contribution in [0.15, 0.2) is 51.8 Å². The van der Waals surface area contributed by atoms with Crippen molar-refractivity contribution >= 4 is 29.3 Å². The van der Waals surface area contributed by atoms with E-state index in [4.69, 9.17) is 13.9 Å². The van der Waals surface area contributed by atoms with Crippen LogP contribution in [0.2, 0.25) is 0 Å². The highest BCUT2D eigenvalue weighted by Crippen LogP contribution is 2.35. The lowest BCUT2D eigenvalue weighted by Crippen LogP contribution is -2.24. The molecule has 154 valence electrons. The molecule has 30 heavy (non-hydrogen) atoms. The number of hydrogen-bond acceptors (Lipinski definition) is 9. The Balaban J connectivity index is 1.33. The number of aromatic nitrogens is 2. The zero-order valence-electron chi connectivity index (χ0n) is 15.9. The Labute approximate surface area is 175 Å². The summed E-state index contributed by atoms with van der Waals surface area (Å²) in [6.07, 6.45) is 0. The zero-order chi connectivity index (χ0) is 20.9. The van der Waals surface area contributed by atoms with Crippen LogP contribution in [0.3, 0.4) is 0 Å². The highest BCUT2D eigenvalue weighted by molar-refractivity contribution is 7.98. The van der Waals surface area contributed by atoms with E-state index in [1.54, 1.807) is 31.2 Å². The molecule has 0 fully saturated rings. The molecule has 0 spiro atoms. The predicted molar refractivity (Wildman–Crippen MR) is 107 cm³/mol. The van der Waals surface area contributed by atoms with Gasteiger partial charge in [-0.05, 0) is 49.4 Å². The van der Waals surface area contributed by atoms with E-state index in [9.17, 15) is 9.59 Å². The van der Waals surface area contributed by atoms with Gasteiger partial charge in [0.2, 0.25) is 18.6 Å². The van der Waals surface area contributed by atoms with Gasteiger partial charge in [-0.25, -0.2) is 4.79 Å². The van der Waals surface area contributed by atoms with Crippen molar-refractivity contribution in [1.82, 2.24) is 10.2 Å². The van der Waals surface area contributed by atoms with E-state index in [0.29, 0.717) is 34.7 Å². The smallest absolute Gasteiger partial charge is 0.397 e. The van der Waals surface area contributed by atoms with Crippen LogP contribution in [-0.4, -0.2) is 35.5 Å². The van der Waals surface area contributed by atoms with Crippen LogP contribution >= 0.6 is 11.8 Å². The number of amides is 1. The van der Waals surface area contributed by atoms with E-state index in [1.165, 1.54) is 11.8 Å². The van der Waals surface area contributed by atoms with Crippen LogP contribution in [0.5, 0.6) is 11.5 Å². The van der Waals surface area contributed by atoms with Gasteiger partial charge in [-0.1, -0.05) is 0 Å². The molecule has 9 nitrogen and oxygen atoms in total. The monoisotopic (exact) mass is 427 g/mol. The first-order chi connectivity index (χ1) is 14.6. The molecule has 0 saturated heterocycles. The second-order valence-corrected chi connectivity index (χ2v) is 7.11. The molecule has 1 aliphatic heterocycles. The molecule has 0 unspecified atom stereocenters. The van der Waals surface area contributed by atoms with Gasteiger partial charge in [0.05, 0.1) is 12.4 Å². The highest BCUT2D eigenvalue weighted by atomic mass is 32.2. The number of rotatable bonds is 6. The van der Waals surface area contributed by atoms with Crippen LogP contribution in [0.1, 0.15) is 12.8 Å². The Kier molecular flexibility index (Phi) is 5.84. The number of anilines is 1. The first-order valence-corrected chi connectivity index (χ1v) is 10.0. The molecule has 2 heterocycles. The fraction of sp³-hybridized carbons (Fsp3) is 0.200. The number of fused-ring (bicyclic) bond motifs is 1. The van der Waals surface area contributed by atoms with Gasteiger partial charge in [-0.15, -0.1) is 22.0 Å². The van der Waals surface area contributed by atoms with E-state index in [2.05, 4.69) is 20.3 Å². The maximum Gasteiger partial charge on any atom is 0.397 e. The molecule has 3 aromatic rings. The summed E-state index contributed by atoms with van der Waals surface area (Å²) >= 11 is 1.50. The number of nitrogens with zero attached hydrogens (tertiary/aromatic N) is 2. The molecule has 1 aromatic heterocycles. The zero-order valence-corrected chi connectivity index (χ0v) is 16.7. The summed E-state index contributed by atoms with van der Waals surface area (Å²) in [6.45, 7) is 1.99. The Morgan fingerprint density at radius 1 is 1.10 bits per heavy atom.